The van der Waals surface area contributed by atoms with Gasteiger partial charge in [-0.3, -0.25) is 4.90 Å². The van der Waals surface area contributed by atoms with Crippen molar-refractivity contribution >= 4 is 28.7 Å². The highest BCUT2D eigenvalue weighted by Gasteiger charge is 2.43. The van der Waals surface area contributed by atoms with Gasteiger partial charge in [0.25, 0.3) is 0 Å². The van der Waals surface area contributed by atoms with Gasteiger partial charge in [0.15, 0.2) is 12.0 Å². The molecule has 0 saturated carbocycles. The van der Waals surface area contributed by atoms with Crippen molar-refractivity contribution in [3.63, 3.8) is 0 Å². The molecule has 0 fully saturated rings. The van der Waals surface area contributed by atoms with Crippen LogP contribution in [-0.2, 0) is 19.1 Å². The number of allylic oxidation sites excluding steroid dienone is 1. The van der Waals surface area contributed by atoms with Crippen LogP contribution in [0.2, 0.25) is 0 Å². The van der Waals surface area contributed by atoms with E-state index in [1.165, 1.54) is 25.5 Å². The molecule has 1 aliphatic heterocycles. The van der Waals surface area contributed by atoms with Crippen LogP contribution >= 0.6 is 0 Å². The van der Waals surface area contributed by atoms with Gasteiger partial charge in [0.2, 0.25) is 0 Å². The smallest absolute Gasteiger partial charge is 0.355 e. The van der Waals surface area contributed by atoms with E-state index in [0.717, 1.165) is 0 Å². The standard InChI is InChI=1S/C23H18N4O5/c1-30-22(28)18-17(13-7-4-3-5-8-13)14(11-24)21(25)27(20(18)23(29)31-2)15-9-6-10-16-19(15)26-12-32-16/h3-10,12,17H,25H2,1-2H3. The Kier molecular flexibility index (Phi) is 5.35. The van der Waals surface area contributed by atoms with E-state index in [0.29, 0.717) is 22.4 Å². The van der Waals surface area contributed by atoms with Crippen molar-refractivity contribution in [3.05, 3.63) is 83.2 Å². The lowest BCUT2D eigenvalue weighted by Crippen LogP contribution is -2.40. The first kappa shape index (κ1) is 20.7. The number of ether oxygens (including phenoxy) is 2. The van der Waals surface area contributed by atoms with E-state index >= 15 is 0 Å². The Bertz CT molecular complexity index is 1320. The average molecular weight is 430 g/mol. The fourth-order valence-electron chi connectivity index (χ4n) is 3.82. The summed E-state index contributed by atoms with van der Waals surface area (Å²) in [5, 5.41) is 10.0. The summed E-state index contributed by atoms with van der Waals surface area (Å²) >= 11 is 0. The summed E-state index contributed by atoms with van der Waals surface area (Å²) in [4.78, 5) is 31.6. The molecule has 0 saturated heterocycles. The van der Waals surface area contributed by atoms with E-state index in [-0.39, 0.29) is 22.7 Å². The number of nitrogens with two attached hydrogens (primary N) is 1. The van der Waals surface area contributed by atoms with Crippen molar-refractivity contribution in [1.29, 1.82) is 5.26 Å². The van der Waals surface area contributed by atoms with E-state index in [9.17, 15) is 14.9 Å². The minimum Gasteiger partial charge on any atom is -0.466 e. The summed E-state index contributed by atoms with van der Waals surface area (Å²) in [6, 6.07) is 15.9. The van der Waals surface area contributed by atoms with E-state index in [1.807, 2.05) is 0 Å². The van der Waals surface area contributed by atoms with E-state index in [1.54, 1.807) is 48.5 Å². The number of aromatic nitrogens is 1. The zero-order valence-electron chi connectivity index (χ0n) is 17.2. The summed E-state index contributed by atoms with van der Waals surface area (Å²) in [6.45, 7) is 0. The lowest BCUT2D eigenvalue weighted by molar-refractivity contribution is -0.139. The maximum Gasteiger partial charge on any atom is 0.355 e. The van der Waals surface area contributed by atoms with Gasteiger partial charge in [-0.1, -0.05) is 36.4 Å². The molecule has 9 nitrogen and oxygen atoms in total. The lowest BCUT2D eigenvalue weighted by Gasteiger charge is -2.35. The summed E-state index contributed by atoms with van der Waals surface area (Å²) in [5.41, 5.74) is 8.06. The monoisotopic (exact) mass is 430 g/mol. The Morgan fingerprint density at radius 3 is 2.47 bits per heavy atom. The molecule has 0 aliphatic carbocycles. The van der Waals surface area contributed by atoms with Gasteiger partial charge in [0.1, 0.15) is 17.0 Å². The highest BCUT2D eigenvalue weighted by Crippen LogP contribution is 2.44. The second-order valence-electron chi connectivity index (χ2n) is 6.81. The molecule has 4 rings (SSSR count). The predicted molar refractivity (Wildman–Crippen MR) is 114 cm³/mol. The summed E-state index contributed by atoms with van der Waals surface area (Å²) < 4.78 is 15.4. The zero-order chi connectivity index (χ0) is 22.8. The third-order valence-corrected chi connectivity index (χ3v) is 5.19. The first-order valence-corrected chi connectivity index (χ1v) is 9.51. The predicted octanol–water partition coefficient (Wildman–Crippen LogP) is 2.73. The van der Waals surface area contributed by atoms with Gasteiger partial charge in [-0.15, -0.1) is 0 Å². The SMILES string of the molecule is COC(=O)C1=C(C(=O)OC)N(c2cccc3ocnc23)C(N)=C(C#N)C1c1ccccc1. The van der Waals surface area contributed by atoms with Crippen LogP contribution in [0.1, 0.15) is 11.5 Å². The van der Waals surface area contributed by atoms with E-state index in [4.69, 9.17) is 19.6 Å². The number of nitrogens with zero attached hydrogens (tertiary/aromatic N) is 3. The second-order valence-corrected chi connectivity index (χ2v) is 6.81. The number of carbonyl (C=O) groups is 2. The van der Waals surface area contributed by atoms with E-state index < -0.39 is 17.9 Å². The number of benzene rings is 2. The topological polar surface area (TPSA) is 132 Å². The van der Waals surface area contributed by atoms with Gasteiger partial charge >= 0.3 is 11.9 Å². The van der Waals surface area contributed by atoms with Gasteiger partial charge in [-0.05, 0) is 17.7 Å². The maximum absolute atomic E-state index is 13.0. The second kappa shape index (κ2) is 8.28. The van der Waals surface area contributed by atoms with Crippen molar-refractivity contribution in [3.8, 4) is 6.07 Å². The molecule has 2 N–H and O–H groups in total. The number of esters is 2. The van der Waals surface area contributed by atoms with Crippen LogP contribution in [0.4, 0.5) is 5.69 Å². The molecule has 1 unspecified atom stereocenters. The third-order valence-electron chi connectivity index (χ3n) is 5.19. The van der Waals surface area contributed by atoms with E-state index in [2.05, 4.69) is 11.1 Å². The first-order chi connectivity index (χ1) is 15.5. The molecule has 0 amide bonds. The molecule has 1 aromatic heterocycles. The Morgan fingerprint density at radius 2 is 1.81 bits per heavy atom. The lowest BCUT2D eigenvalue weighted by atomic mass is 9.81. The fourth-order valence-corrected chi connectivity index (χ4v) is 3.82. The van der Waals surface area contributed by atoms with Crippen LogP contribution in [0.5, 0.6) is 0 Å². The average Bonchev–Trinajstić information content (AvgIpc) is 3.32. The number of fused-ring (bicyclic) bond motifs is 1. The molecule has 1 aliphatic rings. The molecule has 9 heteroatoms. The van der Waals surface area contributed by atoms with Gasteiger partial charge in [0, 0.05) is 0 Å². The number of anilines is 1. The number of nitriles is 1. The van der Waals surface area contributed by atoms with Gasteiger partial charge < -0.3 is 19.6 Å². The molecular weight excluding hydrogens is 412 g/mol. The van der Waals surface area contributed by atoms with Crippen molar-refractivity contribution in [2.24, 2.45) is 5.73 Å². The molecule has 1 atom stereocenters. The number of oxazole rings is 1. The van der Waals surface area contributed by atoms with Crippen molar-refractivity contribution in [1.82, 2.24) is 4.98 Å². The number of methoxy groups -OCH3 is 2. The quantitative estimate of drug-likeness (QED) is 0.620. The Morgan fingerprint density at radius 1 is 1.09 bits per heavy atom. The Labute approximate surface area is 182 Å². The number of carbonyl (C=O) groups excluding carboxylic acids is 2. The minimum absolute atomic E-state index is 0.0371. The molecule has 3 aromatic rings. The summed E-state index contributed by atoms with van der Waals surface area (Å²) in [6.07, 6.45) is 1.25. The van der Waals surface area contributed by atoms with Crippen LogP contribution in [0.3, 0.4) is 0 Å². The van der Waals surface area contributed by atoms with Gasteiger partial charge in [-0.2, -0.15) is 5.26 Å². The van der Waals surface area contributed by atoms with Gasteiger partial charge in [0.05, 0.1) is 43.0 Å². The zero-order valence-corrected chi connectivity index (χ0v) is 17.2. The molecule has 2 heterocycles. The van der Waals surface area contributed by atoms with Crippen molar-refractivity contribution in [2.75, 3.05) is 19.1 Å². The van der Waals surface area contributed by atoms with Crippen molar-refractivity contribution in [2.45, 2.75) is 5.92 Å². The molecule has 32 heavy (non-hydrogen) atoms. The van der Waals surface area contributed by atoms with Crippen molar-refractivity contribution < 1.29 is 23.5 Å². The number of hydrogen-bond acceptors (Lipinski definition) is 9. The van der Waals surface area contributed by atoms with Crippen LogP contribution in [0.25, 0.3) is 11.1 Å². The fraction of sp³-hybridized carbons (Fsp3) is 0.130. The largest absolute Gasteiger partial charge is 0.466 e. The molecule has 0 bridgehead atoms. The summed E-state index contributed by atoms with van der Waals surface area (Å²) in [7, 11) is 2.39. The maximum atomic E-state index is 13.0. The van der Waals surface area contributed by atoms with Gasteiger partial charge in [-0.25, -0.2) is 14.6 Å². The minimum atomic E-state index is -0.935. The number of rotatable bonds is 4. The molecule has 0 radical (unpaired) electrons. The molecular formula is C23H18N4O5. The third kappa shape index (κ3) is 3.15. The highest BCUT2D eigenvalue weighted by atomic mass is 16.5. The van der Waals surface area contributed by atoms with Crippen LogP contribution < -0.4 is 10.6 Å². The number of para-hydroxylation sites is 1. The molecule has 160 valence electrons. The highest BCUT2D eigenvalue weighted by molar-refractivity contribution is 6.08. The first-order valence-electron chi connectivity index (χ1n) is 9.51. The Balaban J connectivity index is 2.11. The molecule has 0 spiro atoms. The normalized spacial score (nSPS) is 16.2. The Hall–Kier alpha value is -4.58. The molecule has 2 aromatic carbocycles. The van der Waals surface area contributed by atoms with Crippen LogP contribution in [0, 0.1) is 11.3 Å². The number of hydrogen-bond donors (Lipinski definition) is 1. The van der Waals surface area contributed by atoms with Crippen LogP contribution in [0.15, 0.2) is 82.0 Å². The summed E-state index contributed by atoms with van der Waals surface area (Å²) in [5.74, 6) is -2.59. The van der Waals surface area contributed by atoms with Crippen LogP contribution in [-0.4, -0.2) is 31.1 Å².